The van der Waals surface area contributed by atoms with E-state index in [1.54, 1.807) is 7.11 Å². The molecule has 0 aliphatic carbocycles. The molecule has 3 aromatic heterocycles. The number of fused-ring (bicyclic) bond motifs is 6. The van der Waals surface area contributed by atoms with Crippen LogP contribution in [-0.4, -0.2) is 174 Å². The third-order valence-corrected chi connectivity index (χ3v) is 15.3. The van der Waals surface area contributed by atoms with Gasteiger partial charge in [-0.2, -0.15) is 0 Å². The standard InChI is InChI=1S/C49H69N10O6SSi/c1-10-57-40-14-13-32-22-34(40)37(43(57)35-23-33(26-50-42(35)31(2)63-9)56-18-16-55(8)17-19-56)25-48(3,4)29-65-46(61)38-12-11-15-59(53-38)45(60)36(24-41-51-39(32)27-66-41)44(67)52-47(62)58-20-21-64-30-49(58,5)28-54(6)7/h13-14,22-23,26-27,31,36,38,44,53H,10-12,15-21,24-25,28-30H2,1-9H3,(H,52,62)/t31-,36+,38-,44+,49?/m0/s1. The topological polar surface area (TPSA) is 150 Å². The summed E-state index contributed by atoms with van der Waals surface area (Å²) in [5.41, 5.74) is 9.46. The van der Waals surface area contributed by atoms with Gasteiger partial charge in [-0.3, -0.25) is 19.6 Å². The molecule has 4 aliphatic rings. The second kappa shape index (κ2) is 20.3. The molecule has 0 saturated carbocycles. The number of methoxy groups -OCH3 is 1. The number of thiazole rings is 1. The van der Waals surface area contributed by atoms with Crippen LogP contribution in [-0.2, 0) is 43.2 Å². The molecule has 0 spiro atoms. The number of hydrogen-bond acceptors (Lipinski definition) is 13. The highest BCUT2D eigenvalue weighted by Gasteiger charge is 2.42. The molecule has 361 valence electrons. The zero-order valence-electron chi connectivity index (χ0n) is 40.8. The molecule has 4 aromatic rings. The van der Waals surface area contributed by atoms with Crippen molar-refractivity contribution in [2.45, 2.75) is 90.2 Å². The van der Waals surface area contributed by atoms with Crippen LogP contribution in [0.15, 0.2) is 35.8 Å². The molecule has 16 nitrogen and oxygen atoms in total. The SMILES string of the molecule is CCn1c(-c2cc(N3CCN(C)CC3)cnc2[C@H](C)OC)c2c3cc(ccc31)-c1csc(n1)C[C@H]([C@@H]([Si])NC(=O)N1CCOCC1(C)CN(C)C)C(=O)N1CCC[C@H](N1)C(=O)OCC(C)(C)C2. The van der Waals surface area contributed by atoms with Gasteiger partial charge in [-0.1, -0.05) is 19.9 Å². The lowest BCUT2D eigenvalue weighted by Gasteiger charge is -2.46. The van der Waals surface area contributed by atoms with Crippen LogP contribution >= 0.6 is 11.3 Å². The number of rotatable bonds is 9. The molecule has 3 amide bonds. The predicted molar refractivity (Wildman–Crippen MR) is 263 cm³/mol. The Morgan fingerprint density at radius 2 is 1.88 bits per heavy atom. The lowest BCUT2D eigenvalue weighted by atomic mass is 9.84. The molecule has 4 aliphatic heterocycles. The molecule has 1 unspecified atom stereocenters. The first-order valence-corrected chi connectivity index (χ1v) is 25.3. The van der Waals surface area contributed by atoms with E-state index in [1.807, 2.05) is 43.9 Å². The van der Waals surface area contributed by atoms with Crippen LogP contribution < -0.4 is 15.6 Å². The zero-order valence-corrected chi connectivity index (χ0v) is 42.6. The quantitative estimate of drug-likeness (QED) is 0.173. The van der Waals surface area contributed by atoms with Crippen molar-refractivity contribution in [1.29, 1.82) is 0 Å². The number of anilines is 1. The molecule has 3 saturated heterocycles. The Kier molecular flexibility index (Phi) is 14.8. The van der Waals surface area contributed by atoms with E-state index in [0.29, 0.717) is 58.7 Å². The van der Waals surface area contributed by atoms with Crippen molar-refractivity contribution in [3.05, 3.63) is 52.1 Å². The van der Waals surface area contributed by atoms with Gasteiger partial charge in [0.2, 0.25) is 5.91 Å². The lowest BCUT2D eigenvalue weighted by Crippen LogP contribution is -2.65. The zero-order chi connectivity index (χ0) is 47.8. The molecule has 6 bridgehead atoms. The number of urea groups is 1. The van der Waals surface area contributed by atoms with Crippen LogP contribution in [0, 0.1) is 11.3 Å². The number of esters is 1. The monoisotopic (exact) mass is 953 g/mol. The number of carbonyl (C=O) groups is 3. The molecule has 3 fully saturated rings. The smallest absolute Gasteiger partial charge is 0.324 e. The average molecular weight is 954 g/mol. The van der Waals surface area contributed by atoms with Gasteiger partial charge in [0, 0.05) is 104 Å². The highest BCUT2D eigenvalue weighted by molar-refractivity contribution is 7.10. The van der Waals surface area contributed by atoms with E-state index in [9.17, 15) is 14.4 Å². The number of nitrogens with one attached hydrogen (secondary N) is 2. The molecule has 1 aromatic carbocycles. The second-order valence-corrected chi connectivity index (χ2v) is 21.7. The fourth-order valence-electron chi connectivity index (χ4n) is 10.3. The van der Waals surface area contributed by atoms with Crippen molar-refractivity contribution >= 4 is 56.1 Å². The highest BCUT2D eigenvalue weighted by Crippen LogP contribution is 2.43. The van der Waals surface area contributed by atoms with Gasteiger partial charge in [0.15, 0.2) is 0 Å². The van der Waals surface area contributed by atoms with Crippen molar-refractivity contribution in [2.75, 3.05) is 98.8 Å². The Labute approximate surface area is 403 Å². The molecule has 7 heterocycles. The number of piperazine rings is 1. The van der Waals surface area contributed by atoms with Gasteiger partial charge >= 0.3 is 12.0 Å². The fourth-order valence-corrected chi connectivity index (χ4v) is 11.5. The van der Waals surface area contributed by atoms with Crippen LogP contribution in [0.1, 0.15) is 69.8 Å². The Hall–Kier alpha value is -4.43. The average Bonchev–Trinajstić information content (AvgIpc) is 3.90. The molecular formula is C49H69N10O6SSi. The maximum atomic E-state index is 14.7. The van der Waals surface area contributed by atoms with Gasteiger partial charge in [-0.15, -0.1) is 11.3 Å². The van der Waals surface area contributed by atoms with Crippen molar-refractivity contribution in [1.82, 2.24) is 45.0 Å². The summed E-state index contributed by atoms with van der Waals surface area (Å²) in [5, 5.41) is 8.57. The van der Waals surface area contributed by atoms with Crippen LogP contribution in [0.2, 0.25) is 0 Å². The van der Waals surface area contributed by atoms with Gasteiger partial charge in [0.25, 0.3) is 0 Å². The van der Waals surface area contributed by atoms with Crippen LogP contribution in [0.5, 0.6) is 0 Å². The molecule has 67 heavy (non-hydrogen) atoms. The molecule has 5 atom stereocenters. The molecular weight excluding hydrogens is 885 g/mol. The van der Waals surface area contributed by atoms with Gasteiger partial charge in [0.05, 0.1) is 81.6 Å². The number of hydrogen-bond donors (Lipinski definition) is 2. The number of hydrazine groups is 1. The summed E-state index contributed by atoms with van der Waals surface area (Å²) in [4.78, 5) is 61.9. The number of aryl methyl sites for hydroxylation is 1. The Bertz CT molecular complexity index is 2440. The van der Waals surface area contributed by atoms with Crippen molar-refractivity contribution < 1.29 is 28.6 Å². The van der Waals surface area contributed by atoms with Crippen LogP contribution in [0.3, 0.4) is 0 Å². The second-order valence-electron chi connectivity index (χ2n) is 20.2. The number of carbonyl (C=O) groups excluding carboxylic acids is 3. The number of likely N-dealkylation sites (N-methyl/N-ethyl adjacent to an activating group) is 2. The van der Waals surface area contributed by atoms with Gasteiger partial charge < -0.3 is 43.7 Å². The van der Waals surface area contributed by atoms with Crippen molar-refractivity contribution in [2.24, 2.45) is 11.3 Å². The fraction of sp³-hybridized carbons (Fsp3) is 0.612. The van der Waals surface area contributed by atoms with E-state index < -0.39 is 34.5 Å². The van der Waals surface area contributed by atoms with E-state index in [2.05, 4.69) is 92.8 Å². The minimum Gasteiger partial charge on any atom is -0.464 e. The van der Waals surface area contributed by atoms with E-state index >= 15 is 0 Å². The number of nitrogens with zero attached hydrogens (tertiary/aromatic N) is 8. The number of morpholine rings is 1. The van der Waals surface area contributed by atoms with Gasteiger partial charge in [0.1, 0.15) is 6.04 Å². The highest BCUT2D eigenvalue weighted by atomic mass is 32.1. The van der Waals surface area contributed by atoms with Crippen molar-refractivity contribution in [3.63, 3.8) is 0 Å². The summed E-state index contributed by atoms with van der Waals surface area (Å²) >= 11 is 1.50. The Morgan fingerprint density at radius 1 is 1.10 bits per heavy atom. The molecule has 2 N–H and O–H groups in total. The van der Waals surface area contributed by atoms with E-state index in [0.717, 1.165) is 81.5 Å². The maximum Gasteiger partial charge on any atom is 0.324 e. The minimum absolute atomic E-state index is 0.165. The Morgan fingerprint density at radius 3 is 2.61 bits per heavy atom. The molecule has 3 radical (unpaired) electrons. The van der Waals surface area contributed by atoms with Gasteiger partial charge in [-0.05, 0) is 84.9 Å². The summed E-state index contributed by atoms with van der Waals surface area (Å²) in [7, 11) is 11.7. The van der Waals surface area contributed by atoms with E-state index in [4.69, 9.17) is 24.2 Å². The first-order valence-electron chi connectivity index (χ1n) is 23.8. The predicted octanol–water partition coefficient (Wildman–Crippen LogP) is 4.94. The first-order chi connectivity index (χ1) is 32.0. The number of ether oxygens (including phenoxy) is 3. The van der Waals surface area contributed by atoms with Gasteiger partial charge in [-0.25, -0.2) is 15.2 Å². The Balaban J connectivity index is 1.21. The van der Waals surface area contributed by atoms with Crippen LogP contribution in [0.4, 0.5) is 10.5 Å². The van der Waals surface area contributed by atoms with Crippen LogP contribution in [0.25, 0.3) is 33.4 Å². The summed E-state index contributed by atoms with van der Waals surface area (Å²) in [5.74, 6) is -1.42. The maximum absolute atomic E-state index is 14.7. The number of cyclic esters (lactones) is 1. The molecule has 18 heteroatoms. The summed E-state index contributed by atoms with van der Waals surface area (Å²) in [6.07, 6.45) is 3.70. The van der Waals surface area contributed by atoms with E-state index in [-0.39, 0.29) is 31.1 Å². The third kappa shape index (κ3) is 10.5. The molecule has 8 rings (SSSR count). The third-order valence-electron chi connectivity index (χ3n) is 13.9. The normalized spacial score (nSPS) is 24.1. The van der Waals surface area contributed by atoms with Crippen molar-refractivity contribution in [3.8, 4) is 22.5 Å². The first kappa shape index (κ1) is 49.0. The number of benzene rings is 1. The summed E-state index contributed by atoms with van der Waals surface area (Å²) in [6, 6.07) is 7.85. The number of amides is 3. The van der Waals surface area contributed by atoms with E-state index in [1.165, 1.54) is 16.3 Å². The summed E-state index contributed by atoms with van der Waals surface area (Å²) < 4.78 is 20.4. The number of aromatic nitrogens is 3. The largest absolute Gasteiger partial charge is 0.464 e. The minimum atomic E-state index is -0.769. The summed E-state index contributed by atoms with van der Waals surface area (Å²) in [6.45, 7) is 17.4. The number of pyridine rings is 1. The lowest BCUT2D eigenvalue weighted by molar-refractivity contribution is -0.155.